The second-order valence-electron chi connectivity index (χ2n) is 5.58. The lowest BCUT2D eigenvalue weighted by atomic mass is 10.3. The molecule has 1 saturated heterocycles. The maximum atomic E-state index is 4.58. The van der Waals surface area contributed by atoms with Crippen LogP contribution in [0.25, 0.3) is 0 Å². The van der Waals surface area contributed by atoms with Crippen LogP contribution < -0.4 is 10.2 Å². The van der Waals surface area contributed by atoms with Crippen molar-refractivity contribution < 1.29 is 0 Å². The van der Waals surface area contributed by atoms with Crippen LogP contribution >= 0.6 is 22.7 Å². The fourth-order valence-corrected chi connectivity index (χ4v) is 4.35. The van der Waals surface area contributed by atoms with Crippen LogP contribution in [0.2, 0.25) is 0 Å². The van der Waals surface area contributed by atoms with Crippen molar-refractivity contribution in [3.63, 3.8) is 0 Å². The Hall–Kier alpha value is -1.60. The summed E-state index contributed by atoms with van der Waals surface area (Å²) in [5.41, 5.74) is 1.13. The van der Waals surface area contributed by atoms with Crippen LogP contribution in [0.15, 0.2) is 22.5 Å². The number of hydrogen-bond acceptors (Lipinski definition) is 5. The van der Waals surface area contributed by atoms with Gasteiger partial charge < -0.3 is 15.1 Å². The van der Waals surface area contributed by atoms with Gasteiger partial charge in [-0.25, -0.2) is 4.98 Å². The van der Waals surface area contributed by atoms with Gasteiger partial charge in [0.1, 0.15) is 5.01 Å². The Morgan fingerprint density at radius 1 is 1.30 bits per heavy atom. The molecule has 0 atom stereocenters. The molecule has 5 nitrogen and oxygen atoms in total. The number of hydrogen-bond donors (Lipinski definition) is 1. The normalized spacial score (nSPS) is 16.0. The highest BCUT2D eigenvalue weighted by Crippen LogP contribution is 2.22. The van der Waals surface area contributed by atoms with Gasteiger partial charge >= 0.3 is 0 Å². The number of nitrogens with zero attached hydrogens (tertiary/aromatic N) is 4. The first-order chi connectivity index (χ1) is 11.2. The number of guanidine groups is 1. The summed E-state index contributed by atoms with van der Waals surface area (Å²) < 4.78 is 0. The second-order valence-corrected chi connectivity index (χ2v) is 7.79. The average molecular weight is 350 g/mol. The number of aryl methyl sites for hydroxylation is 2. The van der Waals surface area contributed by atoms with Crippen LogP contribution in [0.1, 0.15) is 15.6 Å². The quantitative estimate of drug-likeness (QED) is 0.683. The highest BCUT2D eigenvalue weighted by molar-refractivity contribution is 7.14. The van der Waals surface area contributed by atoms with Crippen molar-refractivity contribution in [3.8, 4) is 0 Å². The molecule has 0 bridgehead atoms. The topological polar surface area (TPSA) is 43.8 Å². The highest BCUT2D eigenvalue weighted by atomic mass is 32.1. The molecule has 0 aromatic carbocycles. The maximum absolute atomic E-state index is 4.58. The zero-order valence-corrected chi connectivity index (χ0v) is 15.5. The molecule has 1 aliphatic heterocycles. The van der Waals surface area contributed by atoms with Gasteiger partial charge in [0.25, 0.3) is 0 Å². The first-order valence-electron chi connectivity index (χ1n) is 7.84. The molecule has 124 valence electrons. The lowest BCUT2D eigenvalue weighted by Crippen LogP contribution is -2.52. The summed E-state index contributed by atoms with van der Waals surface area (Å²) in [7, 11) is 1.85. The molecule has 0 radical (unpaired) electrons. The van der Waals surface area contributed by atoms with E-state index in [1.165, 1.54) is 9.88 Å². The van der Waals surface area contributed by atoms with Crippen molar-refractivity contribution in [1.82, 2.24) is 15.2 Å². The van der Waals surface area contributed by atoms with E-state index < -0.39 is 0 Å². The predicted octanol–water partition coefficient (Wildman–Crippen LogP) is 2.72. The van der Waals surface area contributed by atoms with E-state index in [0.29, 0.717) is 0 Å². The minimum Gasteiger partial charge on any atom is -0.360 e. The minimum atomic E-state index is 0.747. The first-order valence-corrected chi connectivity index (χ1v) is 9.54. The Kier molecular flexibility index (Phi) is 5.17. The van der Waals surface area contributed by atoms with Crippen LogP contribution in [0.4, 0.5) is 5.00 Å². The lowest BCUT2D eigenvalue weighted by Gasteiger charge is -2.36. The SMILES string of the molecule is CN=C(NCc1nc(C)c(C)s1)N1CCN(c2cccs2)CC1. The van der Waals surface area contributed by atoms with Gasteiger partial charge in [-0.1, -0.05) is 0 Å². The molecule has 0 amide bonds. The molecule has 1 aliphatic rings. The van der Waals surface area contributed by atoms with Crippen molar-refractivity contribution in [2.24, 2.45) is 4.99 Å². The van der Waals surface area contributed by atoms with Crippen molar-refractivity contribution in [2.75, 3.05) is 38.1 Å². The van der Waals surface area contributed by atoms with Crippen LogP contribution in [-0.4, -0.2) is 49.1 Å². The fourth-order valence-electron chi connectivity index (χ4n) is 2.69. The van der Waals surface area contributed by atoms with Crippen LogP contribution in [0.3, 0.4) is 0 Å². The lowest BCUT2D eigenvalue weighted by molar-refractivity contribution is 0.373. The van der Waals surface area contributed by atoms with Gasteiger partial charge in [-0.3, -0.25) is 4.99 Å². The number of rotatable bonds is 3. The zero-order chi connectivity index (χ0) is 16.2. The number of nitrogens with one attached hydrogen (secondary N) is 1. The van der Waals surface area contributed by atoms with E-state index in [2.05, 4.69) is 56.5 Å². The molecule has 3 rings (SSSR count). The van der Waals surface area contributed by atoms with E-state index in [0.717, 1.165) is 49.4 Å². The number of thiophene rings is 1. The third-order valence-corrected chi connectivity index (χ3v) is 6.08. The number of thiazole rings is 1. The number of aromatic nitrogens is 1. The van der Waals surface area contributed by atoms with E-state index in [1.807, 2.05) is 18.4 Å². The third kappa shape index (κ3) is 3.84. The fraction of sp³-hybridized carbons (Fsp3) is 0.500. The summed E-state index contributed by atoms with van der Waals surface area (Å²) in [5, 5.41) is 8.08. The molecule has 2 aromatic heterocycles. The maximum Gasteiger partial charge on any atom is 0.194 e. The largest absolute Gasteiger partial charge is 0.360 e. The molecule has 2 aromatic rings. The number of piperazine rings is 1. The zero-order valence-electron chi connectivity index (χ0n) is 13.9. The predicted molar refractivity (Wildman–Crippen MR) is 99.9 cm³/mol. The summed E-state index contributed by atoms with van der Waals surface area (Å²) in [6.07, 6.45) is 0. The minimum absolute atomic E-state index is 0.747. The van der Waals surface area contributed by atoms with E-state index in [1.54, 1.807) is 11.3 Å². The highest BCUT2D eigenvalue weighted by Gasteiger charge is 2.20. The number of anilines is 1. The summed E-state index contributed by atoms with van der Waals surface area (Å²) in [5.74, 6) is 0.973. The molecule has 7 heteroatoms. The van der Waals surface area contributed by atoms with Crippen molar-refractivity contribution in [3.05, 3.63) is 33.1 Å². The van der Waals surface area contributed by atoms with Gasteiger partial charge in [-0.05, 0) is 31.4 Å². The smallest absolute Gasteiger partial charge is 0.194 e. The van der Waals surface area contributed by atoms with Crippen LogP contribution in [-0.2, 0) is 6.54 Å². The van der Waals surface area contributed by atoms with Crippen molar-refractivity contribution in [2.45, 2.75) is 20.4 Å². The Morgan fingerprint density at radius 2 is 2.09 bits per heavy atom. The number of aliphatic imine (C=N–C) groups is 1. The molecule has 0 aliphatic carbocycles. The van der Waals surface area contributed by atoms with E-state index >= 15 is 0 Å². The molecule has 1 fully saturated rings. The first kappa shape index (κ1) is 16.3. The van der Waals surface area contributed by atoms with Crippen molar-refractivity contribution in [1.29, 1.82) is 0 Å². The van der Waals surface area contributed by atoms with Gasteiger partial charge in [0.05, 0.1) is 17.2 Å². The monoisotopic (exact) mass is 349 g/mol. The van der Waals surface area contributed by atoms with Crippen LogP contribution in [0.5, 0.6) is 0 Å². The summed E-state index contributed by atoms with van der Waals surface area (Å²) in [4.78, 5) is 15.1. The van der Waals surface area contributed by atoms with Gasteiger partial charge in [0.15, 0.2) is 5.96 Å². The van der Waals surface area contributed by atoms with E-state index in [9.17, 15) is 0 Å². The Morgan fingerprint density at radius 3 is 2.65 bits per heavy atom. The average Bonchev–Trinajstić information content (AvgIpc) is 3.19. The summed E-state index contributed by atoms with van der Waals surface area (Å²) >= 11 is 3.57. The Bertz CT molecular complexity index is 635. The van der Waals surface area contributed by atoms with E-state index in [4.69, 9.17) is 0 Å². The summed E-state index contributed by atoms with van der Waals surface area (Å²) in [6.45, 7) is 8.99. The summed E-state index contributed by atoms with van der Waals surface area (Å²) in [6, 6.07) is 4.31. The molecule has 0 spiro atoms. The van der Waals surface area contributed by atoms with E-state index in [-0.39, 0.29) is 0 Å². The standard InChI is InChI=1S/C16H23N5S2/c1-12-13(2)23-14(19-12)11-18-16(17-3)21-8-6-20(7-9-21)15-5-4-10-22-15/h4-5,10H,6-9,11H2,1-3H3,(H,17,18). The molecule has 23 heavy (non-hydrogen) atoms. The van der Waals surface area contributed by atoms with Crippen LogP contribution in [0, 0.1) is 13.8 Å². The Labute approximate surface area is 145 Å². The molecular formula is C16H23N5S2. The second kappa shape index (κ2) is 7.31. The Balaban J connectivity index is 1.53. The molecule has 1 N–H and O–H groups in total. The molecule has 0 unspecified atom stereocenters. The third-order valence-electron chi connectivity index (χ3n) is 4.08. The molecule has 3 heterocycles. The van der Waals surface area contributed by atoms with Gasteiger partial charge in [0.2, 0.25) is 0 Å². The molecule has 0 saturated carbocycles. The van der Waals surface area contributed by atoms with Gasteiger partial charge in [0, 0.05) is 38.1 Å². The van der Waals surface area contributed by atoms with Crippen molar-refractivity contribution >= 4 is 33.6 Å². The molecular weight excluding hydrogens is 326 g/mol. The van der Waals surface area contributed by atoms with Gasteiger partial charge in [-0.15, -0.1) is 22.7 Å². The van der Waals surface area contributed by atoms with Gasteiger partial charge in [-0.2, -0.15) is 0 Å².